The highest BCUT2D eigenvalue weighted by Crippen LogP contribution is 2.33. The minimum atomic E-state index is 0.717. The molecule has 0 aliphatic carbocycles. The molecular weight excluding hydrogens is 284 g/mol. The van der Waals surface area contributed by atoms with E-state index >= 15 is 0 Å². The van der Waals surface area contributed by atoms with Gasteiger partial charge in [-0.1, -0.05) is 30.0 Å². The van der Waals surface area contributed by atoms with Crippen LogP contribution in [0.1, 0.15) is 5.56 Å². The largest absolute Gasteiger partial charge is 0.496 e. The van der Waals surface area contributed by atoms with Gasteiger partial charge in [0.1, 0.15) is 10.8 Å². The van der Waals surface area contributed by atoms with E-state index in [1.54, 1.807) is 26.0 Å². The van der Waals surface area contributed by atoms with Crippen molar-refractivity contribution in [2.45, 2.75) is 16.5 Å². The number of benzene rings is 1. The van der Waals surface area contributed by atoms with Crippen molar-refractivity contribution in [3.8, 4) is 5.75 Å². The van der Waals surface area contributed by atoms with Crippen LogP contribution >= 0.6 is 11.8 Å². The molecule has 0 radical (unpaired) electrons. The minimum absolute atomic E-state index is 0.717. The smallest absolute Gasteiger partial charge is 0.132 e. The first-order valence-corrected chi connectivity index (χ1v) is 7.60. The molecule has 0 aliphatic heterocycles. The van der Waals surface area contributed by atoms with Crippen molar-refractivity contribution in [1.29, 1.82) is 0 Å². The second-order valence-electron chi connectivity index (χ2n) is 4.43. The maximum Gasteiger partial charge on any atom is 0.132 e. The topological polar surface area (TPSA) is 43.4 Å². The fourth-order valence-corrected chi connectivity index (χ4v) is 2.66. The summed E-state index contributed by atoms with van der Waals surface area (Å²) in [6, 6.07) is 12.1. The lowest BCUT2D eigenvalue weighted by Crippen LogP contribution is -2.18. The lowest BCUT2D eigenvalue weighted by molar-refractivity contribution is 0.199. The first-order chi connectivity index (χ1) is 10.3. The quantitative estimate of drug-likeness (QED) is 0.760. The number of methoxy groups -OCH3 is 2. The number of hydrogen-bond acceptors (Lipinski definition) is 5. The summed E-state index contributed by atoms with van der Waals surface area (Å²) in [7, 11) is 3.38. The van der Waals surface area contributed by atoms with Crippen molar-refractivity contribution in [1.82, 2.24) is 10.3 Å². The van der Waals surface area contributed by atoms with Crippen LogP contribution in [0.4, 0.5) is 0 Å². The molecule has 0 fully saturated rings. The summed E-state index contributed by atoms with van der Waals surface area (Å²) in [5.41, 5.74) is 1.16. The standard InChI is InChI=1S/C16H20N2O2S/c1-19-10-9-17-11-13-7-8-16(18-12-13)21-15-6-4-3-5-14(15)20-2/h3-8,12,17H,9-11H2,1-2H3. The van der Waals surface area contributed by atoms with E-state index in [2.05, 4.69) is 16.4 Å². The molecule has 0 aliphatic rings. The van der Waals surface area contributed by atoms with Crippen molar-refractivity contribution in [2.75, 3.05) is 27.4 Å². The van der Waals surface area contributed by atoms with E-state index in [-0.39, 0.29) is 0 Å². The molecule has 2 rings (SSSR count). The molecule has 21 heavy (non-hydrogen) atoms. The fourth-order valence-electron chi connectivity index (χ4n) is 1.80. The van der Waals surface area contributed by atoms with Gasteiger partial charge in [-0.3, -0.25) is 0 Å². The highest BCUT2D eigenvalue weighted by Gasteiger charge is 2.05. The van der Waals surface area contributed by atoms with Crippen molar-refractivity contribution >= 4 is 11.8 Å². The molecule has 5 heteroatoms. The highest BCUT2D eigenvalue weighted by atomic mass is 32.2. The SMILES string of the molecule is COCCNCc1ccc(Sc2ccccc2OC)nc1. The lowest BCUT2D eigenvalue weighted by atomic mass is 10.3. The van der Waals surface area contributed by atoms with E-state index < -0.39 is 0 Å². The van der Waals surface area contributed by atoms with E-state index in [4.69, 9.17) is 9.47 Å². The predicted molar refractivity (Wildman–Crippen MR) is 84.9 cm³/mol. The lowest BCUT2D eigenvalue weighted by Gasteiger charge is -2.08. The van der Waals surface area contributed by atoms with Gasteiger partial charge >= 0.3 is 0 Å². The Bertz CT molecular complexity index is 546. The number of hydrogen-bond donors (Lipinski definition) is 1. The highest BCUT2D eigenvalue weighted by molar-refractivity contribution is 7.99. The van der Waals surface area contributed by atoms with E-state index in [0.717, 1.165) is 40.9 Å². The summed E-state index contributed by atoms with van der Waals surface area (Å²) >= 11 is 1.60. The third-order valence-corrected chi connectivity index (χ3v) is 3.90. The molecule has 0 unspecified atom stereocenters. The normalized spacial score (nSPS) is 10.6. The molecule has 0 amide bonds. The van der Waals surface area contributed by atoms with Gasteiger partial charge < -0.3 is 14.8 Å². The van der Waals surface area contributed by atoms with Crippen molar-refractivity contribution in [2.24, 2.45) is 0 Å². The molecule has 112 valence electrons. The molecule has 1 N–H and O–H groups in total. The van der Waals surface area contributed by atoms with Crippen LogP contribution in [0.5, 0.6) is 5.75 Å². The molecule has 2 aromatic rings. The van der Waals surface area contributed by atoms with Gasteiger partial charge in [0.05, 0.1) is 18.6 Å². The number of rotatable bonds is 8. The molecule has 4 nitrogen and oxygen atoms in total. The first-order valence-electron chi connectivity index (χ1n) is 6.79. The Morgan fingerprint density at radius 2 is 2.00 bits per heavy atom. The number of pyridine rings is 1. The van der Waals surface area contributed by atoms with Gasteiger partial charge in [-0.15, -0.1) is 0 Å². The molecule has 0 spiro atoms. The van der Waals surface area contributed by atoms with E-state index in [9.17, 15) is 0 Å². The predicted octanol–water partition coefficient (Wildman–Crippen LogP) is 2.98. The van der Waals surface area contributed by atoms with Gasteiger partial charge in [0.2, 0.25) is 0 Å². The van der Waals surface area contributed by atoms with Crippen molar-refractivity contribution in [3.05, 3.63) is 48.2 Å². The monoisotopic (exact) mass is 304 g/mol. The summed E-state index contributed by atoms with van der Waals surface area (Å²) in [6.45, 7) is 2.36. The molecule has 0 bridgehead atoms. The van der Waals surface area contributed by atoms with Crippen LogP contribution in [-0.2, 0) is 11.3 Å². The molecule has 1 heterocycles. The third-order valence-electron chi connectivity index (χ3n) is 2.89. The summed E-state index contributed by atoms with van der Waals surface area (Å²) < 4.78 is 10.3. The van der Waals surface area contributed by atoms with Crippen LogP contribution in [0.3, 0.4) is 0 Å². The van der Waals surface area contributed by atoms with Crippen LogP contribution in [0, 0.1) is 0 Å². The molecule has 0 saturated heterocycles. The van der Waals surface area contributed by atoms with Crippen molar-refractivity contribution < 1.29 is 9.47 Å². The van der Waals surface area contributed by atoms with E-state index in [1.807, 2.05) is 36.5 Å². The second-order valence-corrected chi connectivity index (χ2v) is 5.49. The summed E-state index contributed by atoms with van der Waals surface area (Å²) in [5, 5.41) is 4.26. The maximum absolute atomic E-state index is 5.35. The Hall–Kier alpha value is -1.56. The molecule has 1 aromatic carbocycles. The Morgan fingerprint density at radius 1 is 1.14 bits per heavy atom. The Kier molecular flexibility index (Phi) is 6.53. The number of nitrogens with zero attached hydrogens (tertiary/aromatic N) is 1. The zero-order chi connectivity index (χ0) is 14.9. The van der Waals surface area contributed by atoms with Gasteiger partial charge in [0, 0.05) is 26.4 Å². The number of ether oxygens (including phenoxy) is 2. The van der Waals surface area contributed by atoms with Gasteiger partial charge in [0.25, 0.3) is 0 Å². The summed E-state index contributed by atoms with van der Waals surface area (Å²) in [6.07, 6.45) is 1.90. The third kappa shape index (κ3) is 5.04. The molecular formula is C16H20N2O2S. The van der Waals surface area contributed by atoms with Gasteiger partial charge in [-0.25, -0.2) is 4.98 Å². The fraction of sp³-hybridized carbons (Fsp3) is 0.312. The van der Waals surface area contributed by atoms with Crippen LogP contribution in [-0.4, -0.2) is 32.4 Å². The average Bonchev–Trinajstić information content (AvgIpc) is 2.54. The molecule has 0 saturated carbocycles. The Labute approximate surface area is 129 Å². The van der Waals surface area contributed by atoms with Crippen LogP contribution in [0.15, 0.2) is 52.5 Å². The minimum Gasteiger partial charge on any atom is -0.496 e. The number of para-hydroxylation sites is 1. The van der Waals surface area contributed by atoms with Crippen LogP contribution in [0.2, 0.25) is 0 Å². The van der Waals surface area contributed by atoms with Gasteiger partial charge in [-0.05, 0) is 23.8 Å². The Morgan fingerprint density at radius 3 is 2.71 bits per heavy atom. The first kappa shape index (κ1) is 15.8. The molecule has 1 aromatic heterocycles. The number of nitrogens with one attached hydrogen (secondary N) is 1. The van der Waals surface area contributed by atoms with Crippen molar-refractivity contribution in [3.63, 3.8) is 0 Å². The zero-order valence-electron chi connectivity index (χ0n) is 12.3. The number of aromatic nitrogens is 1. The van der Waals surface area contributed by atoms with E-state index in [1.165, 1.54) is 0 Å². The maximum atomic E-state index is 5.35. The summed E-state index contributed by atoms with van der Waals surface area (Å²) in [5.74, 6) is 0.870. The summed E-state index contributed by atoms with van der Waals surface area (Å²) in [4.78, 5) is 5.55. The van der Waals surface area contributed by atoms with E-state index in [0.29, 0.717) is 0 Å². The van der Waals surface area contributed by atoms with Crippen LogP contribution in [0.25, 0.3) is 0 Å². The van der Waals surface area contributed by atoms with Crippen LogP contribution < -0.4 is 10.1 Å². The van der Waals surface area contributed by atoms with Gasteiger partial charge in [0.15, 0.2) is 0 Å². The zero-order valence-corrected chi connectivity index (χ0v) is 13.2. The second kappa shape index (κ2) is 8.67. The average molecular weight is 304 g/mol. The Balaban J connectivity index is 1.93. The molecule has 0 atom stereocenters. The van der Waals surface area contributed by atoms with Gasteiger partial charge in [-0.2, -0.15) is 0 Å².